The fraction of sp³-hybridized carbons (Fsp3) is 0.562. The van der Waals surface area contributed by atoms with E-state index in [2.05, 4.69) is 121 Å². The van der Waals surface area contributed by atoms with E-state index in [9.17, 15) is 71.2 Å². The Labute approximate surface area is 727 Å². The van der Waals surface area contributed by atoms with Crippen LogP contribution in [0.15, 0.2) is 121 Å². The SMILES string of the molecule is CC(F)(F)C(=O)CC1C2CC3C1OC(=O)C3C2C(=O)OCC(=O)OC12CC3CC(CC(O)(C3)C1)C2.CC(F)(F)C(=O)O.O=C(COC(=O)C1C2CC3C(OC(=O)C31)C2O)OC12CC3CC(CC(O)(C3)C1)C2.[B][B]B(B([B])[B])B(B(B([B])[B])B([B])[B])B(B([B])[B])B([B])[B].c1ccc([I+]c2ccccc2)cc1.c1ccc([I+]c2ccccc2)cc1. The maximum atomic E-state index is 13.5. The van der Waals surface area contributed by atoms with E-state index in [1.807, 2.05) is 0 Å². The molecule has 0 spiro atoms. The Hall–Kier alpha value is -4.74. The summed E-state index contributed by atoms with van der Waals surface area (Å²) in [6.45, 7) is -0.269. The predicted octanol–water partition coefficient (Wildman–Crippen LogP) is -5.12. The van der Waals surface area contributed by atoms with Gasteiger partial charge in [-0.1, -0.05) is 72.8 Å². The fourth-order valence-corrected chi connectivity index (χ4v) is 26.5. The monoisotopic (exact) mass is 1810 g/mol. The lowest BCUT2D eigenvalue weighted by Crippen LogP contribution is -3.61. The number of ketones is 1. The molecule has 14 aliphatic rings. The Balaban J connectivity index is 0.000000148. The van der Waals surface area contributed by atoms with Gasteiger partial charge in [0, 0.05) is 206 Å². The zero-order chi connectivity index (χ0) is 85.9. The third kappa shape index (κ3) is 22.5. The number of carboxylic acids is 1. The quantitative estimate of drug-likeness (QED) is 0.0159. The number of halogens is 6. The average Bonchev–Trinajstić information content (AvgIpc) is 1.46. The lowest BCUT2D eigenvalue weighted by Gasteiger charge is -2.59. The first-order valence-corrected chi connectivity index (χ1v) is 44.3. The van der Waals surface area contributed by atoms with E-state index in [-0.39, 0.29) is 60.2 Å². The van der Waals surface area contributed by atoms with Crippen molar-refractivity contribution in [1.29, 1.82) is 0 Å². The molecule has 12 saturated carbocycles. The second-order valence-electron chi connectivity index (χ2n) is 34.6. The minimum atomic E-state index is -3.58. The van der Waals surface area contributed by atoms with E-state index < -0.39 is 213 Å². The minimum Gasteiger partial charge on any atom is -0.477 e. The summed E-state index contributed by atoms with van der Waals surface area (Å²) in [5.41, 5.74) is -2.91. The van der Waals surface area contributed by atoms with Crippen molar-refractivity contribution < 1.29 is 147 Å². The number of hydrogen-bond donors (Lipinski definition) is 4. The number of aliphatic carboxylic acids is 1. The molecule has 2 saturated heterocycles. The lowest BCUT2D eigenvalue weighted by atomic mass is 8.38. The topological polar surface area (TPSA) is 273 Å². The predicted molar refractivity (Wildman–Crippen MR) is 445 cm³/mol. The molecule has 23 radical (unpaired) electrons. The number of ether oxygens (including phenoxy) is 6. The Kier molecular flexibility index (Phi) is 31.2. The highest BCUT2D eigenvalue weighted by atomic mass is 127. The van der Waals surface area contributed by atoms with Crippen LogP contribution in [0.4, 0.5) is 17.6 Å². The van der Waals surface area contributed by atoms with Gasteiger partial charge in [0.15, 0.2) is 27.5 Å². The van der Waals surface area contributed by atoms with E-state index in [0.717, 1.165) is 51.4 Å². The molecule has 45 heteroatoms. The van der Waals surface area contributed by atoms with Crippen molar-refractivity contribution in [3.05, 3.63) is 136 Å². The molecule has 16 unspecified atom stereocenters. The van der Waals surface area contributed by atoms with Crippen LogP contribution in [-0.2, 0) is 66.8 Å². The third-order valence-electron chi connectivity index (χ3n) is 25.6. The number of esters is 6. The number of carbonyl (C=O) groups excluding carboxylic acids is 7. The van der Waals surface area contributed by atoms with E-state index in [1.54, 1.807) is 0 Å². The molecule has 0 amide bonds. The summed E-state index contributed by atoms with van der Waals surface area (Å²) in [6.07, 6.45) is 0.659. The van der Waals surface area contributed by atoms with Crippen LogP contribution in [0.1, 0.15) is 110 Å². The van der Waals surface area contributed by atoms with Crippen LogP contribution in [0.5, 0.6) is 0 Å². The van der Waals surface area contributed by atoms with Crippen molar-refractivity contribution in [2.45, 2.75) is 163 Å². The number of Topliss-reactive ketones (excluding diaryl/α,β-unsaturated/α-hetero) is 1. The summed E-state index contributed by atoms with van der Waals surface area (Å²) in [5.74, 6) is -17.7. The second kappa shape index (κ2) is 39.2. The molecule has 14 fully saturated rings. The highest BCUT2D eigenvalue weighted by Crippen LogP contribution is 2.64. The summed E-state index contributed by atoms with van der Waals surface area (Å²) < 4.78 is 88.1. The van der Waals surface area contributed by atoms with Crippen molar-refractivity contribution in [3.63, 3.8) is 0 Å². The second-order valence-corrected chi connectivity index (χ2v) is 40.6. The molecule has 12 aliphatic carbocycles. The first kappa shape index (κ1) is 94.0. The van der Waals surface area contributed by atoms with Crippen molar-refractivity contribution >= 4 is 197 Å². The first-order valence-electron chi connectivity index (χ1n) is 40.0. The van der Waals surface area contributed by atoms with Crippen molar-refractivity contribution in [1.82, 2.24) is 0 Å². The number of rotatable bonds is 25. The zero-order valence-electron chi connectivity index (χ0n) is 65.7. The molecule has 4 aromatic rings. The van der Waals surface area contributed by atoms with Crippen LogP contribution in [0.3, 0.4) is 0 Å². The molecule has 2 aliphatic heterocycles. The fourth-order valence-electron chi connectivity index (χ4n) is 22.0. The maximum Gasteiger partial charge on any atom is 0.374 e. The summed E-state index contributed by atoms with van der Waals surface area (Å²) in [7, 11) is 64.8. The average molecular weight is 1800 g/mol. The molecule has 18 rings (SSSR count). The van der Waals surface area contributed by atoms with E-state index >= 15 is 0 Å². The van der Waals surface area contributed by atoms with Crippen molar-refractivity contribution in [2.24, 2.45) is 76.9 Å². The largest absolute Gasteiger partial charge is 0.477 e. The summed E-state index contributed by atoms with van der Waals surface area (Å²) in [4.78, 5) is 96.6. The van der Waals surface area contributed by atoms with Crippen molar-refractivity contribution in [3.8, 4) is 0 Å². The smallest absolute Gasteiger partial charge is 0.374 e. The number of benzene rings is 4. The Morgan fingerprint density at radius 2 is 0.822 bits per heavy atom. The number of alkyl halides is 4. The standard InChI is InChI=1S/C25H30F2O8.C21H26O8.2C12H10I.C3H4F2O2.B21/c1-23(26,27)16(28)4-14-13-3-15-19(22(31)34-20(14)15)18(13)21(30)33-9-17(29)35-25-7-11-2-12(8-25)6-24(32,5-11)10-25;22-13(29-21-5-9-1-10(6-21)4-20(26,3-9)8-21)7-27-18(24)14-11-2-12-15(14)19(25)28-17(12)16(11)23;2*1-3-7-11(8-4-1)13-12-9-5-2-6-10-12;1-3(4,5)2(6)7;1-12-18(13(2)3)21(19(14(4)5)15(6)7)20(16(8)9)17(10)11/h11-15,18-20,32H,2-10H2,1H3;9-12,14-17,23,26H,1-8H2;2*1-10H;1H3,(H,6,7);/q;;2*+1;;. The molecular formula is C73H80B21F4I2O18+2. The van der Waals surface area contributed by atoms with Gasteiger partial charge in [-0.3, -0.25) is 24.0 Å². The number of aliphatic hydroxyl groups is 3. The van der Waals surface area contributed by atoms with Gasteiger partial charge in [-0.05, 0) is 155 Å². The summed E-state index contributed by atoms with van der Waals surface area (Å²) in [5, 5.41) is 39.4. The normalized spacial score (nSPS) is 31.4. The van der Waals surface area contributed by atoms with Gasteiger partial charge in [-0.2, -0.15) is 17.6 Å². The van der Waals surface area contributed by atoms with Crippen LogP contribution in [0.2, 0.25) is 0 Å². The molecule has 12 bridgehead atoms. The molecule has 0 aromatic heterocycles. The Morgan fingerprint density at radius 1 is 0.492 bits per heavy atom. The molecule has 16 atom stereocenters. The number of carboxylic acid groups (broad SMARTS) is 1. The number of hydrogen-bond acceptors (Lipinski definition) is 17. The third-order valence-corrected chi connectivity index (χ3v) is 31.0. The summed E-state index contributed by atoms with van der Waals surface area (Å²) >= 11 is 0.0574. The van der Waals surface area contributed by atoms with Gasteiger partial charge >= 0.3 is 96.0 Å². The zero-order valence-corrected chi connectivity index (χ0v) is 70.0. The van der Waals surface area contributed by atoms with E-state index in [1.165, 1.54) is 21.3 Å². The van der Waals surface area contributed by atoms with Gasteiger partial charge in [-0.15, -0.1) is 0 Å². The van der Waals surface area contributed by atoms with Gasteiger partial charge in [0.1, 0.15) is 23.4 Å². The van der Waals surface area contributed by atoms with Crippen LogP contribution in [-0.4, -0.2) is 283 Å². The van der Waals surface area contributed by atoms with E-state index in [0.29, 0.717) is 76.0 Å². The maximum absolute atomic E-state index is 13.5. The van der Waals surface area contributed by atoms with Crippen LogP contribution in [0.25, 0.3) is 0 Å². The van der Waals surface area contributed by atoms with Gasteiger partial charge in [0.2, 0.25) is 5.78 Å². The number of carbonyl (C=O) groups is 8. The van der Waals surface area contributed by atoms with Gasteiger partial charge < -0.3 is 48.8 Å². The van der Waals surface area contributed by atoms with Gasteiger partial charge in [-0.25, -0.2) is 14.4 Å². The summed E-state index contributed by atoms with van der Waals surface area (Å²) in [6, 6.07) is 42.8. The van der Waals surface area contributed by atoms with Crippen LogP contribution < -0.4 is 42.4 Å². The molecule has 18 nitrogen and oxygen atoms in total. The van der Waals surface area contributed by atoms with Crippen molar-refractivity contribution in [2.75, 3.05) is 13.2 Å². The molecule has 2 heterocycles. The highest BCUT2D eigenvalue weighted by Gasteiger charge is 2.71. The lowest BCUT2D eigenvalue weighted by molar-refractivity contribution is -0.597. The van der Waals surface area contributed by atoms with Crippen LogP contribution >= 0.6 is 0 Å². The van der Waals surface area contributed by atoms with Gasteiger partial charge in [0.25, 0.3) is 0 Å². The number of aliphatic hydroxyl groups excluding tert-OH is 1. The first-order chi connectivity index (χ1) is 55.5. The van der Waals surface area contributed by atoms with Gasteiger partial charge in [0.05, 0.1) is 41.0 Å². The highest BCUT2D eigenvalue weighted by molar-refractivity contribution is 8.20. The van der Waals surface area contributed by atoms with E-state index in [4.69, 9.17) is 119 Å². The molecule has 583 valence electrons. The molecule has 118 heavy (non-hydrogen) atoms. The van der Waals surface area contributed by atoms with Crippen LogP contribution in [0, 0.1) is 91.2 Å². The molecule has 4 N–H and O–H groups in total. The molecular weight excluding hydrogens is 1720 g/mol. The Bertz CT molecular complexity index is 3960. The number of fused-ring (bicyclic) bond motifs is 2. The Morgan fingerprint density at radius 3 is 1.14 bits per heavy atom. The minimum absolute atomic E-state index is 0.0287. The molecule has 4 aromatic carbocycles.